The summed E-state index contributed by atoms with van der Waals surface area (Å²) >= 11 is 0. The maximum Gasteiger partial charge on any atom is 0.118 e. The molecule has 0 saturated carbocycles. The second kappa shape index (κ2) is 5.58. The van der Waals surface area contributed by atoms with Crippen molar-refractivity contribution in [3.05, 3.63) is 65.7 Å². The highest BCUT2D eigenvalue weighted by Crippen LogP contribution is 2.33. The molecule has 1 saturated heterocycles. The molecule has 2 aliphatic rings. The smallest absolute Gasteiger partial charge is 0.118 e. The van der Waals surface area contributed by atoms with Crippen molar-refractivity contribution in [3.63, 3.8) is 0 Å². The van der Waals surface area contributed by atoms with Crippen LogP contribution in [0.3, 0.4) is 0 Å². The summed E-state index contributed by atoms with van der Waals surface area (Å²) in [6, 6.07) is 19.3. The number of piperidine rings is 1. The number of rotatable bonds is 1. The quantitative estimate of drug-likeness (QED) is 0.876. The van der Waals surface area contributed by atoms with E-state index in [1.165, 1.54) is 24.1 Å². The van der Waals surface area contributed by atoms with Gasteiger partial charge in [0.2, 0.25) is 0 Å². The summed E-state index contributed by atoms with van der Waals surface area (Å²) in [5.41, 5.74) is 11.1. The van der Waals surface area contributed by atoms with Crippen molar-refractivity contribution in [2.45, 2.75) is 31.5 Å². The fraction of sp³-hybridized carbons (Fsp3) is 0.316. The molecule has 3 heteroatoms. The van der Waals surface area contributed by atoms with Gasteiger partial charge in [-0.25, -0.2) is 0 Å². The Morgan fingerprint density at radius 1 is 0.955 bits per heavy atom. The minimum absolute atomic E-state index is 0.164. The summed E-state index contributed by atoms with van der Waals surface area (Å²) < 4.78 is 0. The Kier molecular flexibility index (Phi) is 3.43. The Labute approximate surface area is 131 Å². The van der Waals surface area contributed by atoms with Crippen LogP contribution in [0.1, 0.15) is 30.4 Å². The average molecular weight is 291 g/mol. The second-order valence-electron chi connectivity index (χ2n) is 6.11. The van der Waals surface area contributed by atoms with Crippen LogP contribution >= 0.6 is 0 Å². The van der Waals surface area contributed by atoms with E-state index in [0.717, 1.165) is 24.2 Å². The van der Waals surface area contributed by atoms with E-state index in [2.05, 4.69) is 53.4 Å². The van der Waals surface area contributed by atoms with Crippen LogP contribution in [0.25, 0.3) is 0 Å². The summed E-state index contributed by atoms with van der Waals surface area (Å²) in [6.07, 6.45) is 3.44. The van der Waals surface area contributed by atoms with Gasteiger partial charge in [-0.1, -0.05) is 48.5 Å². The van der Waals surface area contributed by atoms with Gasteiger partial charge in [-0.15, -0.1) is 0 Å². The molecule has 2 aliphatic heterocycles. The van der Waals surface area contributed by atoms with Gasteiger partial charge in [0.15, 0.2) is 0 Å². The first-order chi connectivity index (χ1) is 10.8. The van der Waals surface area contributed by atoms with Crippen molar-refractivity contribution in [1.82, 2.24) is 0 Å². The lowest BCUT2D eigenvalue weighted by Crippen LogP contribution is -2.49. The van der Waals surface area contributed by atoms with E-state index in [-0.39, 0.29) is 6.17 Å². The lowest BCUT2D eigenvalue weighted by molar-refractivity contribution is 0.408. The van der Waals surface area contributed by atoms with Crippen molar-refractivity contribution in [2.75, 3.05) is 11.4 Å². The van der Waals surface area contributed by atoms with E-state index in [9.17, 15) is 0 Å². The molecule has 2 aromatic carbocycles. The minimum atomic E-state index is -0.164. The molecule has 112 valence electrons. The van der Waals surface area contributed by atoms with Gasteiger partial charge in [-0.2, -0.15) is 0 Å². The molecule has 2 heterocycles. The largest absolute Gasteiger partial charge is 0.364 e. The van der Waals surface area contributed by atoms with E-state index in [4.69, 9.17) is 10.7 Å². The van der Waals surface area contributed by atoms with Crippen LogP contribution in [-0.2, 0) is 0 Å². The molecule has 0 amide bonds. The Balaban J connectivity index is 1.90. The predicted octanol–water partition coefficient (Wildman–Crippen LogP) is 3.18. The van der Waals surface area contributed by atoms with Crippen LogP contribution in [0.4, 0.5) is 5.69 Å². The fourth-order valence-corrected chi connectivity index (χ4v) is 3.67. The van der Waals surface area contributed by atoms with E-state index in [1.54, 1.807) is 0 Å². The van der Waals surface area contributed by atoms with Crippen LogP contribution < -0.4 is 10.6 Å². The molecule has 2 aromatic rings. The van der Waals surface area contributed by atoms with Crippen molar-refractivity contribution in [1.29, 1.82) is 0 Å². The topological polar surface area (TPSA) is 41.6 Å². The monoisotopic (exact) mass is 291 g/mol. The normalized spacial score (nSPS) is 24.0. The zero-order valence-corrected chi connectivity index (χ0v) is 12.7. The summed E-state index contributed by atoms with van der Waals surface area (Å²) in [6.45, 7) is 1.08. The molecule has 22 heavy (non-hydrogen) atoms. The minimum Gasteiger partial charge on any atom is -0.364 e. The summed E-state index contributed by atoms with van der Waals surface area (Å²) in [7, 11) is 0. The molecule has 3 nitrogen and oxygen atoms in total. The standard InChI is InChI=1S/C19H21N3/c20-19-17-12-6-7-13-22(17)16-11-5-4-10-15(16)18(21-19)14-8-2-1-3-9-14/h1-5,8-11,17,19H,6-7,12-13,20H2. The Bertz CT molecular complexity index is 693. The molecular formula is C19H21N3. The third-order valence-electron chi connectivity index (χ3n) is 4.74. The zero-order chi connectivity index (χ0) is 14.9. The van der Waals surface area contributed by atoms with E-state index >= 15 is 0 Å². The summed E-state index contributed by atoms with van der Waals surface area (Å²) in [5.74, 6) is 0. The summed E-state index contributed by atoms with van der Waals surface area (Å²) in [5, 5.41) is 0. The van der Waals surface area contributed by atoms with Crippen LogP contribution in [0.5, 0.6) is 0 Å². The molecule has 0 aromatic heterocycles. The molecule has 0 bridgehead atoms. The van der Waals surface area contributed by atoms with Gasteiger partial charge in [0.1, 0.15) is 6.17 Å². The number of anilines is 1. The average Bonchev–Trinajstić information content (AvgIpc) is 2.72. The van der Waals surface area contributed by atoms with Crippen LogP contribution in [0, 0.1) is 0 Å². The number of para-hydroxylation sites is 1. The van der Waals surface area contributed by atoms with Gasteiger partial charge in [0.25, 0.3) is 0 Å². The number of benzene rings is 2. The maximum atomic E-state index is 6.47. The predicted molar refractivity (Wildman–Crippen MR) is 91.5 cm³/mol. The van der Waals surface area contributed by atoms with E-state index < -0.39 is 0 Å². The first-order valence-electron chi connectivity index (χ1n) is 8.09. The molecule has 2 N–H and O–H groups in total. The molecule has 0 spiro atoms. The summed E-state index contributed by atoms with van der Waals surface area (Å²) in [4.78, 5) is 7.40. The van der Waals surface area contributed by atoms with E-state index in [0.29, 0.717) is 6.04 Å². The van der Waals surface area contributed by atoms with Gasteiger partial charge in [0, 0.05) is 23.4 Å². The number of aliphatic imine (C=N–C) groups is 1. The lowest BCUT2D eigenvalue weighted by atomic mass is 9.97. The fourth-order valence-electron chi connectivity index (χ4n) is 3.67. The molecule has 0 radical (unpaired) electrons. The number of hydrogen-bond acceptors (Lipinski definition) is 3. The Morgan fingerprint density at radius 3 is 2.59 bits per heavy atom. The third kappa shape index (κ3) is 2.22. The molecular weight excluding hydrogens is 270 g/mol. The van der Waals surface area contributed by atoms with Crippen LogP contribution in [0.15, 0.2) is 59.6 Å². The maximum absolute atomic E-state index is 6.47. The van der Waals surface area contributed by atoms with Gasteiger partial charge in [-0.05, 0) is 25.3 Å². The molecule has 4 rings (SSSR count). The molecule has 2 atom stereocenters. The van der Waals surface area contributed by atoms with Crippen molar-refractivity contribution in [3.8, 4) is 0 Å². The van der Waals surface area contributed by atoms with Crippen molar-refractivity contribution in [2.24, 2.45) is 10.7 Å². The number of fused-ring (bicyclic) bond motifs is 3. The van der Waals surface area contributed by atoms with Gasteiger partial charge < -0.3 is 10.6 Å². The number of nitrogens with zero attached hydrogens (tertiary/aromatic N) is 2. The number of hydrogen-bond donors (Lipinski definition) is 1. The first kappa shape index (κ1) is 13.5. The highest BCUT2D eigenvalue weighted by Gasteiger charge is 2.32. The molecule has 0 aliphatic carbocycles. The second-order valence-corrected chi connectivity index (χ2v) is 6.11. The van der Waals surface area contributed by atoms with Crippen LogP contribution in [0.2, 0.25) is 0 Å². The van der Waals surface area contributed by atoms with Gasteiger partial charge >= 0.3 is 0 Å². The lowest BCUT2D eigenvalue weighted by Gasteiger charge is -2.38. The van der Waals surface area contributed by atoms with Gasteiger partial charge in [-0.3, -0.25) is 4.99 Å². The third-order valence-corrected chi connectivity index (χ3v) is 4.74. The van der Waals surface area contributed by atoms with Crippen molar-refractivity contribution >= 4 is 11.4 Å². The number of nitrogens with two attached hydrogens (primary N) is 1. The molecule has 2 unspecified atom stereocenters. The Hall–Kier alpha value is -2.13. The highest BCUT2D eigenvalue weighted by molar-refractivity contribution is 6.16. The molecule has 1 fully saturated rings. The van der Waals surface area contributed by atoms with Gasteiger partial charge in [0.05, 0.1) is 11.8 Å². The van der Waals surface area contributed by atoms with E-state index in [1.807, 2.05) is 6.07 Å². The van der Waals surface area contributed by atoms with Crippen molar-refractivity contribution < 1.29 is 0 Å². The first-order valence-corrected chi connectivity index (χ1v) is 8.09. The Morgan fingerprint density at radius 2 is 1.73 bits per heavy atom. The van der Waals surface area contributed by atoms with Crippen LogP contribution in [-0.4, -0.2) is 24.5 Å². The highest BCUT2D eigenvalue weighted by atomic mass is 15.2. The zero-order valence-electron chi connectivity index (χ0n) is 12.7. The SMILES string of the molecule is NC1N=C(c2ccccc2)c2ccccc2N2CCCCC12.